The largest absolute Gasteiger partial charge is 0.495 e. The summed E-state index contributed by atoms with van der Waals surface area (Å²) >= 11 is 6.13. The minimum absolute atomic E-state index is 0.371. The number of urea groups is 1. The second kappa shape index (κ2) is 8.63. The zero-order valence-corrected chi connectivity index (χ0v) is 16.5. The maximum atomic E-state index is 12.4. The van der Waals surface area contributed by atoms with Gasteiger partial charge in [0.05, 0.1) is 24.9 Å². The Balaban J connectivity index is 1.71. The summed E-state index contributed by atoms with van der Waals surface area (Å²) in [6, 6.07) is 14.3. The Hall–Kier alpha value is -3.25. The lowest BCUT2D eigenvalue weighted by Gasteiger charge is -2.14. The highest BCUT2D eigenvalue weighted by Gasteiger charge is 2.12. The minimum Gasteiger partial charge on any atom is -0.495 e. The van der Waals surface area contributed by atoms with E-state index in [0.29, 0.717) is 27.9 Å². The van der Waals surface area contributed by atoms with Crippen molar-refractivity contribution in [2.24, 2.45) is 0 Å². The van der Waals surface area contributed by atoms with Crippen molar-refractivity contribution < 1.29 is 14.3 Å². The van der Waals surface area contributed by atoms with Crippen LogP contribution in [0.25, 0.3) is 11.1 Å². The molecule has 3 rings (SSSR count). The number of halogens is 1. The van der Waals surface area contributed by atoms with Crippen molar-refractivity contribution in [3.05, 3.63) is 65.4 Å². The van der Waals surface area contributed by atoms with Crippen LogP contribution in [0.1, 0.15) is 5.69 Å². The van der Waals surface area contributed by atoms with Crippen molar-refractivity contribution in [3.8, 4) is 22.6 Å². The summed E-state index contributed by atoms with van der Waals surface area (Å²) in [5, 5.41) is 5.89. The van der Waals surface area contributed by atoms with E-state index in [1.54, 1.807) is 18.3 Å². The van der Waals surface area contributed by atoms with Gasteiger partial charge in [0.15, 0.2) is 0 Å². The molecular formula is C21H20ClN3O3. The number of amides is 2. The second-order valence-electron chi connectivity index (χ2n) is 6.03. The van der Waals surface area contributed by atoms with Crippen molar-refractivity contribution >= 4 is 29.0 Å². The Labute approximate surface area is 168 Å². The zero-order chi connectivity index (χ0) is 20.1. The quantitative estimate of drug-likeness (QED) is 0.606. The third kappa shape index (κ3) is 4.53. The van der Waals surface area contributed by atoms with E-state index in [9.17, 15) is 4.79 Å². The van der Waals surface area contributed by atoms with Crippen LogP contribution in [0.2, 0.25) is 5.02 Å². The Morgan fingerprint density at radius 3 is 2.29 bits per heavy atom. The van der Waals surface area contributed by atoms with Crippen LogP contribution in [-0.2, 0) is 0 Å². The normalized spacial score (nSPS) is 10.3. The van der Waals surface area contributed by atoms with Crippen LogP contribution in [0.3, 0.4) is 0 Å². The fraction of sp³-hybridized carbons (Fsp3) is 0.143. The van der Waals surface area contributed by atoms with Crippen LogP contribution in [0.15, 0.2) is 54.7 Å². The molecule has 3 aromatic rings. The monoisotopic (exact) mass is 397 g/mol. The van der Waals surface area contributed by atoms with Gasteiger partial charge < -0.3 is 20.1 Å². The molecule has 0 saturated carbocycles. The summed E-state index contributed by atoms with van der Waals surface area (Å²) in [7, 11) is 3.02. The van der Waals surface area contributed by atoms with Gasteiger partial charge in [0.25, 0.3) is 0 Å². The first-order valence-corrected chi connectivity index (χ1v) is 8.90. The van der Waals surface area contributed by atoms with Gasteiger partial charge in [0.1, 0.15) is 11.5 Å². The number of anilines is 2. The first kappa shape index (κ1) is 19.5. The number of carbonyl (C=O) groups excluding carboxylic acids is 1. The number of hydrogen-bond acceptors (Lipinski definition) is 4. The molecule has 144 valence electrons. The lowest BCUT2D eigenvalue weighted by molar-refractivity contribution is 0.262. The topological polar surface area (TPSA) is 72.5 Å². The number of nitrogens with zero attached hydrogens (tertiary/aromatic N) is 1. The average molecular weight is 398 g/mol. The molecule has 2 N–H and O–H groups in total. The average Bonchev–Trinajstić information content (AvgIpc) is 2.69. The molecule has 0 bridgehead atoms. The second-order valence-corrected chi connectivity index (χ2v) is 6.44. The summed E-state index contributed by atoms with van der Waals surface area (Å²) in [5.74, 6) is 0.909. The maximum absolute atomic E-state index is 12.4. The Kier molecular flexibility index (Phi) is 6.01. The molecule has 0 aliphatic heterocycles. The lowest BCUT2D eigenvalue weighted by Crippen LogP contribution is -2.19. The standard InChI is InChI=1S/C21H20ClN3O3/c1-13-10-15(8-9-23-13)14-4-6-16(7-5-14)24-21(26)25-18-11-17(22)19(27-2)12-20(18)28-3/h4-12H,1-3H3,(H2,24,25,26). The van der Waals surface area contributed by atoms with Gasteiger partial charge in [-0.1, -0.05) is 23.7 Å². The van der Waals surface area contributed by atoms with E-state index in [1.165, 1.54) is 14.2 Å². The molecule has 0 atom stereocenters. The lowest BCUT2D eigenvalue weighted by atomic mass is 10.1. The number of nitrogens with one attached hydrogen (secondary N) is 2. The zero-order valence-electron chi connectivity index (χ0n) is 15.7. The van der Waals surface area contributed by atoms with Gasteiger partial charge in [-0.2, -0.15) is 0 Å². The van der Waals surface area contributed by atoms with E-state index in [2.05, 4.69) is 15.6 Å². The maximum Gasteiger partial charge on any atom is 0.323 e. The molecule has 0 fully saturated rings. The Morgan fingerprint density at radius 1 is 0.929 bits per heavy atom. The molecule has 0 unspecified atom stereocenters. The minimum atomic E-state index is -0.410. The van der Waals surface area contributed by atoms with E-state index < -0.39 is 6.03 Å². The van der Waals surface area contributed by atoms with Gasteiger partial charge >= 0.3 is 6.03 Å². The number of benzene rings is 2. The molecule has 0 spiro atoms. The van der Waals surface area contributed by atoms with E-state index in [0.717, 1.165) is 16.8 Å². The van der Waals surface area contributed by atoms with Crippen LogP contribution in [0.4, 0.5) is 16.2 Å². The molecule has 1 heterocycles. The van der Waals surface area contributed by atoms with Crippen LogP contribution in [-0.4, -0.2) is 25.2 Å². The number of aryl methyl sites for hydroxylation is 1. The van der Waals surface area contributed by atoms with Crippen molar-refractivity contribution in [3.63, 3.8) is 0 Å². The summed E-state index contributed by atoms with van der Waals surface area (Å²) in [5.41, 5.74) is 4.16. The molecule has 2 aromatic carbocycles. The SMILES string of the molecule is COc1cc(OC)c(NC(=O)Nc2ccc(-c3ccnc(C)c3)cc2)cc1Cl. The Bertz CT molecular complexity index is 991. The molecule has 1 aromatic heterocycles. The highest BCUT2D eigenvalue weighted by molar-refractivity contribution is 6.32. The third-order valence-electron chi connectivity index (χ3n) is 4.09. The van der Waals surface area contributed by atoms with Gasteiger partial charge in [0, 0.05) is 23.6 Å². The number of methoxy groups -OCH3 is 2. The van der Waals surface area contributed by atoms with Crippen molar-refractivity contribution in [2.45, 2.75) is 6.92 Å². The number of rotatable bonds is 5. The number of ether oxygens (including phenoxy) is 2. The third-order valence-corrected chi connectivity index (χ3v) is 4.39. The van der Waals surface area contributed by atoms with Gasteiger partial charge in [-0.05, 0) is 48.4 Å². The fourth-order valence-electron chi connectivity index (χ4n) is 2.71. The van der Waals surface area contributed by atoms with Crippen LogP contribution < -0.4 is 20.1 Å². The number of pyridine rings is 1. The highest BCUT2D eigenvalue weighted by atomic mass is 35.5. The molecule has 0 aliphatic rings. The van der Waals surface area contributed by atoms with Crippen molar-refractivity contribution in [2.75, 3.05) is 24.9 Å². The van der Waals surface area contributed by atoms with Crippen LogP contribution in [0.5, 0.6) is 11.5 Å². The summed E-state index contributed by atoms with van der Waals surface area (Å²) in [6.45, 7) is 1.95. The molecule has 6 nitrogen and oxygen atoms in total. The first-order valence-electron chi connectivity index (χ1n) is 8.53. The van der Waals surface area contributed by atoms with Gasteiger partial charge in [0.2, 0.25) is 0 Å². The van der Waals surface area contributed by atoms with Gasteiger partial charge in [-0.15, -0.1) is 0 Å². The van der Waals surface area contributed by atoms with E-state index >= 15 is 0 Å². The predicted octanol–water partition coefficient (Wildman–Crippen LogP) is 5.37. The number of carbonyl (C=O) groups is 1. The summed E-state index contributed by atoms with van der Waals surface area (Å²) in [4.78, 5) is 16.6. The van der Waals surface area contributed by atoms with Crippen LogP contribution >= 0.6 is 11.6 Å². The van der Waals surface area contributed by atoms with Crippen LogP contribution in [0, 0.1) is 6.92 Å². The molecule has 2 amide bonds. The molecule has 7 heteroatoms. The summed E-state index contributed by atoms with van der Waals surface area (Å²) < 4.78 is 10.4. The Morgan fingerprint density at radius 2 is 1.64 bits per heavy atom. The van der Waals surface area contributed by atoms with Crippen molar-refractivity contribution in [1.82, 2.24) is 4.98 Å². The van der Waals surface area contributed by atoms with Gasteiger partial charge in [-0.3, -0.25) is 4.98 Å². The van der Waals surface area contributed by atoms with E-state index in [1.807, 2.05) is 43.3 Å². The van der Waals surface area contributed by atoms with E-state index in [4.69, 9.17) is 21.1 Å². The molecular weight excluding hydrogens is 378 g/mol. The molecule has 0 radical (unpaired) electrons. The molecule has 0 aliphatic carbocycles. The molecule has 0 saturated heterocycles. The number of hydrogen-bond donors (Lipinski definition) is 2. The van der Waals surface area contributed by atoms with Gasteiger partial charge in [-0.25, -0.2) is 4.79 Å². The highest BCUT2D eigenvalue weighted by Crippen LogP contribution is 2.36. The predicted molar refractivity (Wildman–Crippen MR) is 112 cm³/mol. The fourth-order valence-corrected chi connectivity index (χ4v) is 2.95. The first-order chi connectivity index (χ1) is 13.5. The number of aromatic nitrogens is 1. The van der Waals surface area contributed by atoms with Crippen molar-refractivity contribution in [1.29, 1.82) is 0 Å². The van der Waals surface area contributed by atoms with E-state index in [-0.39, 0.29) is 0 Å². The summed E-state index contributed by atoms with van der Waals surface area (Å²) in [6.07, 6.45) is 1.78. The smallest absolute Gasteiger partial charge is 0.323 e. The molecule has 28 heavy (non-hydrogen) atoms.